The van der Waals surface area contributed by atoms with E-state index >= 15 is 0 Å². The zero-order valence-corrected chi connectivity index (χ0v) is 11.2. The van der Waals surface area contributed by atoms with Crippen molar-refractivity contribution in [3.63, 3.8) is 0 Å². The van der Waals surface area contributed by atoms with Gasteiger partial charge in [0.05, 0.1) is 6.10 Å². The molecule has 20 heavy (non-hydrogen) atoms. The molecule has 1 heterocycles. The zero-order chi connectivity index (χ0) is 14.4. The van der Waals surface area contributed by atoms with E-state index in [0.717, 1.165) is 5.56 Å². The SMILES string of the molecule is CC(O)CCNC(=O)Nc1cc(-c2ccccc2)on1. The number of aliphatic hydroxyl groups excluding tert-OH is 1. The molecule has 0 aliphatic rings. The van der Waals surface area contributed by atoms with Gasteiger partial charge in [0.2, 0.25) is 0 Å². The van der Waals surface area contributed by atoms with E-state index in [9.17, 15) is 4.79 Å². The van der Waals surface area contributed by atoms with Crippen LogP contribution in [0.5, 0.6) is 0 Å². The van der Waals surface area contributed by atoms with Crippen LogP contribution in [0.15, 0.2) is 40.9 Å². The van der Waals surface area contributed by atoms with Crippen molar-refractivity contribution in [2.75, 3.05) is 11.9 Å². The third kappa shape index (κ3) is 4.10. The predicted octanol–water partition coefficient (Wildman–Crippen LogP) is 2.23. The molecule has 6 nitrogen and oxygen atoms in total. The molecule has 2 rings (SSSR count). The molecule has 1 unspecified atom stereocenters. The molecule has 0 aliphatic heterocycles. The minimum atomic E-state index is -0.438. The van der Waals surface area contributed by atoms with Gasteiger partial charge in [-0.05, 0) is 13.3 Å². The Labute approximate surface area is 116 Å². The summed E-state index contributed by atoms with van der Waals surface area (Å²) in [4.78, 5) is 11.6. The van der Waals surface area contributed by atoms with Crippen LogP contribution in [0.25, 0.3) is 11.3 Å². The molecule has 3 N–H and O–H groups in total. The standard InChI is InChI=1S/C14H17N3O3/c1-10(18)7-8-15-14(19)16-13-9-12(20-17-13)11-5-3-2-4-6-11/h2-6,9-10,18H,7-8H2,1H3,(H2,15,16,17,19). The van der Waals surface area contributed by atoms with Gasteiger partial charge in [0.25, 0.3) is 0 Å². The third-order valence-electron chi connectivity index (χ3n) is 2.66. The molecule has 2 aromatic rings. The number of aromatic nitrogens is 1. The minimum absolute atomic E-state index is 0.346. The lowest BCUT2D eigenvalue weighted by Crippen LogP contribution is -2.30. The monoisotopic (exact) mass is 275 g/mol. The van der Waals surface area contributed by atoms with E-state index in [1.54, 1.807) is 13.0 Å². The molecular weight excluding hydrogens is 258 g/mol. The third-order valence-corrected chi connectivity index (χ3v) is 2.66. The second kappa shape index (κ2) is 6.72. The fourth-order valence-corrected chi connectivity index (χ4v) is 1.63. The maximum absolute atomic E-state index is 11.6. The molecule has 1 aromatic heterocycles. The van der Waals surface area contributed by atoms with Crippen molar-refractivity contribution in [1.82, 2.24) is 10.5 Å². The Morgan fingerprint density at radius 1 is 1.40 bits per heavy atom. The van der Waals surface area contributed by atoms with Gasteiger partial charge in [0.1, 0.15) is 0 Å². The molecule has 1 atom stereocenters. The van der Waals surface area contributed by atoms with E-state index in [4.69, 9.17) is 9.63 Å². The average Bonchev–Trinajstić information content (AvgIpc) is 2.88. The number of aliphatic hydroxyl groups is 1. The number of benzene rings is 1. The fraction of sp³-hybridized carbons (Fsp3) is 0.286. The Balaban J connectivity index is 1.88. The van der Waals surface area contributed by atoms with Gasteiger partial charge in [0, 0.05) is 18.2 Å². The van der Waals surface area contributed by atoms with Gasteiger partial charge < -0.3 is 14.9 Å². The van der Waals surface area contributed by atoms with Crippen molar-refractivity contribution in [2.45, 2.75) is 19.4 Å². The van der Waals surface area contributed by atoms with Crippen molar-refractivity contribution in [2.24, 2.45) is 0 Å². The van der Waals surface area contributed by atoms with Crippen LogP contribution in [-0.4, -0.2) is 28.9 Å². The first-order valence-corrected chi connectivity index (χ1v) is 6.40. The average molecular weight is 275 g/mol. The number of carbonyl (C=O) groups excluding carboxylic acids is 1. The summed E-state index contributed by atoms with van der Waals surface area (Å²) in [5.74, 6) is 0.934. The highest BCUT2D eigenvalue weighted by Crippen LogP contribution is 2.21. The Bertz CT molecular complexity index is 552. The molecule has 0 saturated heterocycles. The first-order valence-electron chi connectivity index (χ1n) is 6.40. The molecule has 0 spiro atoms. The molecule has 6 heteroatoms. The summed E-state index contributed by atoms with van der Waals surface area (Å²) in [6.45, 7) is 2.07. The van der Waals surface area contributed by atoms with Gasteiger partial charge in [0.15, 0.2) is 11.6 Å². The van der Waals surface area contributed by atoms with E-state index in [1.165, 1.54) is 0 Å². The summed E-state index contributed by atoms with van der Waals surface area (Å²) in [6.07, 6.45) is 0.0636. The highest BCUT2D eigenvalue weighted by molar-refractivity contribution is 5.88. The van der Waals surface area contributed by atoms with E-state index in [0.29, 0.717) is 24.5 Å². The number of rotatable bonds is 5. The largest absolute Gasteiger partial charge is 0.393 e. The summed E-state index contributed by atoms with van der Waals surface area (Å²) < 4.78 is 5.16. The van der Waals surface area contributed by atoms with E-state index in [-0.39, 0.29) is 6.03 Å². The van der Waals surface area contributed by atoms with Crippen LogP contribution in [0.4, 0.5) is 10.6 Å². The first-order chi connectivity index (χ1) is 9.65. The Morgan fingerprint density at radius 3 is 2.85 bits per heavy atom. The first kappa shape index (κ1) is 14.1. The lowest BCUT2D eigenvalue weighted by atomic mass is 10.2. The van der Waals surface area contributed by atoms with E-state index in [2.05, 4.69) is 15.8 Å². The zero-order valence-electron chi connectivity index (χ0n) is 11.2. The number of amides is 2. The smallest absolute Gasteiger partial charge is 0.320 e. The summed E-state index contributed by atoms with van der Waals surface area (Å²) >= 11 is 0. The highest BCUT2D eigenvalue weighted by Gasteiger charge is 2.09. The predicted molar refractivity (Wildman–Crippen MR) is 75.3 cm³/mol. The number of hydrogen-bond acceptors (Lipinski definition) is 4. The van der Waals surface area contributed by atoms with Gasteiger partial charge >= 0.3 is 6.03 Å². The topological polar surface area (TPSA) is 87.4 Å². The van der Waals surface area contributed by atoms with Crippen molar-refractivity contribution in [3.05, 3.63) is 36.4 Å². The van der Waals surface area contributed by atoms with Crippen molar-refractivity contribution in [3.8, 4) is 11.3 Å². The van der Waals surface area contributed by atoms with Gasteiger partial charge in [-0.3, -0.25) is 5.32 Å². The summed E-state index contributed by atoms with van der Waals surface area (Å²) in [5.41, 5.74) is 0.891. The fourth-order valence-electron chi connectivity index (χ4n) is 1.63. The lowest BCUT2D eigenvalue weighted by Gasteiger charge is -2.06. The Hall–Kier alpha value is -2.34. The Morgan fingerprint density at radius 2 is 2.15 bits per heavy atom. The molecular formula is C14H17N3O3. The van der Waals surface area contributed by atoms with Crippen molar-refractivity contribution in [1.29, 1.82) is 0 Å². The molecule has 0 saturated carbocycles. The highest BCUT2D eigenvalue weighted by atomic mass is 16.5. The van der Waals surface area contributed by atoms with Gasteiger partial charge in [-0.2, -0.15) is 0 Å². The quantitative estimate of drug-likeness (QED) is 0.781. The van der Waals surface area contributed by atoms with Crippen molar-refractivity contribution >= 4 is 11.8 Å². The van der Waals surface area contributed by atoms with E-state index in [1.807, 2.05) is 30.3 Å². The number of carbonyl (C=O) groups is 1. The second-order valence-electron chi connectivity index (χ2n) is 4.46. The molecule has 2 amide bonds. The van der Waals surface area contributed by atoms with Crippen LogP contribution >= 0.6 is 0 Å². The number of nitrogens with one attached hydrogen (secondary N) is 2. The molecule has 0 fully saturated rings. The molecule has 1 aromatic carbocycles. The van der Waals surface area contributed by atoms with Gasteiger partial charge in [-0.1, -0.05) is 35.5 Å². The van der Waals surface area contributed by atoms with Crippen LogP contribution in [0.2, 0.25) is 0 Å². The van der Waals surface area contributed by atoms with Crippen LogP contribution < -0.4 is 10.6 Å². The Kier molecular flexibility index (Phi) is 4.73. The van der Waals surface area contributed by atoms with Crippen LogP contribution in [0.1, 0.15) is 13.3 Å². The molecule has 0 bridgehead atoms. The number of hydrogen-bond donors (Lipinski definition) is 3. The second-order valence-corrected chi connectivity index (χ2v) is 4.46. The number of anilines is 1. The lowest BCUT2D eigenvalue weighted by molar-refractivity contribution is 0.184. The van der Waals surface area contributed by atoms with Crippen molar-refractivity contribution < 1.29 is 14.4 Å². The van der Waals surface area contributed by atoms with Crippen LogP contribution in [0.3, 0.4) is 0 Å². The van der Waals surface area contributed by atoms with Gasteiger partial charge in [-0.25, -0.2) is 4.79 Å². The van der Waals surface area contributed by atoms with Crippen LogP contribution in [-0.2, 0) is 0 Å². The van der Waals surface area contributed by atoms with E-state index < -0.39 is 6.10 Å². The summed E-state index contributed by atoms with van der Waals surface area (Å²) in [6, 6.07) is 10.8. The van der Waals surface area contributed by atoms with Gasteiger partial charge in [-0.15, -0.1) is 0 Å². The molecule has 0 radical (unpaired) electrons. The normalized spacial score (nSPS) is 11.9. The maximum atomic E-state index is 11.6. The molecule has 0 aliphatic carbocycles. The number of urea groups is 1. The minimum Gasteiger partial charge on any atom is -0.393 e. The summed E-state index contributed by atoms with van der Waals surface area (Å²) in [7, 11) is 0. The molecule has 106 valence electrons. The summed E-state index contributed by atoms with van der Waals surface area (Å²) in [5, 5.41) is 18.1. The number of nitrogens with zero attached hydrogens (tertiary/aromatic N) is 1. The maximum Gasteiger partial charge on any atom is 0.320 e. The van der Waals surface area contributed by atoms with Crippen LogP contribution in [0, 0.1) is 0 Å².